The third-order valence-electron chi connectivity index (χ3n) is 6.23. The maximum absolute atomic E-state index is 12.8. The Labute approximate surface area is 182 Å². The van der Waals surface area contributed by atoms with Crippen LogP contribution in [-0.2, 0) is 24.4 Å². The van der Waals surface area contributed by atoms with Crippen molar-refractivity contribution in [2.24, 2.45) is 11.8 Å². The summed E-state index contributed by atoms with van der Waals surface area (Å²) in [6, 6.07) is 6.20. The lowest BCUT2D eigenvalue weighted by Crippen LogP contribution is -2.35. The molecule has 166 valence electrons. The van der Waals surface area contributed by atoms with Crippen molar-refractivity contribution >= 4 is 33.4 Å². The van der Waals surface area contributed by atoms with Crippen LogP contribution in [-0.4, -0.2) is 55.0 Å². The van der Waals surface area contributed by atoms with Crippen molar-refractivity contribution in [3.05, 3.63) is 36.4 Å². The zero-order valence-corrected chi connectivity index (χ0v) is 18.1. The van der Waals surface area contributed by atoms with E-state index in [1.807, 2.05) is 12.2 Å². The van der Waals surface area contributed by atoms with Gasteiger partial charge >= 0.3 is 0 Å². The molecule has 2 atom stereocenters. The molecule has 0 unspecified atom stereocenters. The zero-order chi connectivity index (χ0) is 22.0. The van der Waals surface area contributed by atoms with Crippen LogP contribution in [0.3, 0.4) is 0 Å². The van der Waals surface area contributed by atoms with Crippen molar-refractivity contribution in [1.29, 1.82) is 0 Å². The Bertz CT molecular complexity index is 988. The molecule has 0 aromatic heterocycles. The second-order valence-corrected chi connectivity index (χ2v) is 10.2. The van der Waals surface area contributed by atoms with Crippen molar-refractivity contribution in [2.45, 2.75) is 43.4 Å². The molecule has 31 heavy (non-hydrogen) atoms. The van der Waals surface area contributed by atoms with Crippen molar-refractivity contribution in [1.82, 2.24) is 9.21 Å². The van der Waals surface area contributed by atoms with Gasteiger partial charge in [0.25, 0.3) is 0 Å². The minimum Gasteiger partial charge on any atom is -0.326 e. The molecule has 8 nitrogen and oxygen atoms in total. The van der Waals surface area contributed by atoms with Crippen molar-refractivity contribution in [3.8, 4) is 0 Å². The molecule has 0 bridgehead atoms. The first-order valence-corrected chi connectivity index (χ1v) is 12.2. The highest BCUT2D eigenvalue weighted by Crippen LogP contribution is 2.35. The first-order chi connectivity index (χ1) is 14.9. The molecular formula is C22H27N3O5S. The van der Waals surface area contributed by atoms with Gasteiger partial charge in [-0.1, -0.05) is 24.6 Å². The first-order valence-electron chi connectivity index (χ1n) is 10.8. The standard InChI is InChI=1S/C22H27N3O5S/c26-20(11-14-25-21(27)18-9-2-3-10-19(18)22(25)28)23-16-7-6-8-17(15-16)31(29,30)24-12-4-1-5-13-24/h2-3,6-8,15,18-19H,1,4-5,9-14H2,(H,23,26)/t18-,19+. The van der Waals surface area contributed by atoms with Gasteiger partial charge in [-0.05, 0) is 43.9 Å². The van der Waals surface area contributed by atoms with Crippen LogP contribution in [0.25, 0.3) is 0 Å². The van der Waals surface area contributed by atoms with Crippen molar-refractivity contribution in [2.75, 3.05) is 25.0 Å². The largest absolute Gasteiger partial charge is 0.326 e. The second kappa shape index (κ2) is 8.92. The minimum absolute atomic E-state index is 0.0300. The summed E-state index contributed by atoms with van der Waals surface area (Å²) < 4.78 is 27.2. The number of amides is 3. The van der Waals surface area contributed by atoms with Crippen LogP contribution in [0.5, 0.6) is 0 Å². The summed E-state index contributed by atoms with van der Waals surface area (Å²) in [5.74, 6) is -1.40. The second-order valence-electron chi connectivity index (χ2n) is 8.27. The van der Waals surface area contributed by atoms with Gasteiger partial charge in [0.05, 0.1) is 16.7 Å². The maximum Gasteiger partial charge on any atom is 0.243 e. The summed E-state index contributed by atoms with van der Waals surface area (Å²) in [6.07, 6.45) is 7.67. The van der Waals surface area contributed by atoms with E-state index in [0.29, 0.717) is 31.6 Å². The molecule has 2 heterocycles. The Hall–Kier alpha value is -2.52. The minimum atomic E-state index is -3.59. The number of hydrogen-bond donors (Lipinski definition) is 1. The highest BCUT2D eigenvalue weighted by Gasteiger charge is 2.46. The van der Waals surface area contributed by atoms with Crippen LogP contribution in [0.1, 0.15) is 38.5 Å². The van der Waals surface area contributed by atoms with E-state index in [-0.39, 0.29) is 47.4 Å². The van der Waals surface area contributed by atoms with Gasteiger partial charge in [-0.25, -0.2) is 8.42 Å². The number of benzene rings is 1. The molecule has 2 saturated heterocycles. The number of carbonyl (C=O) groups excluding carboxylic acids is 3. The number of carbonyl (C=O) groups is 3. The van der Waals surface area contributed by atoms with Crippen LogP contribution in [0.4, 0.5) is 5.69 Å². The summed E-state index contributed by atoms with van der Waals surface area (Å²) >= 11 is 0. The molecule has 0 spiro atoms. The quantitative estimate of drug-likeness (QED) is 0.534. The van der Waals surface area contributed by atoms with E-state index in [1.165, 1.54) is 21.3 Å². The van der Waals surface area contributed by atoms with Gasteiger partial charge in [0, 0.05) is 31.7 Å². The summed E-state index contributed by atoms with van der Waals surface area (Å²) in [4.78, 5) is 38.8. The van der Waals surface area contributed by atoms with E-state index in [2.05, 4.69) is 5.32 Å². The number of likely N-dealkylation sites (tertiary alicyclic amines) is 1. The van der Waals surface area contributed by atoms with Crippen molar-refractivity contribution in [3.63, 3.8) is 0 Å². The number of piperidine rings is 1. The number of rotatable bonds is 6. The molecular weight excluding hydrogens is 418 g/mol. The molecule has 1 aromatic carbocycles. The number of anilines is 1. The predicted molar refractivity (Wildman–Crippen MR) is 114 cm³/mol. The highest BCUT2D eigenvalue weighted by molar-refractivity contribution is 7.89. The lowest BCUT2D eigenvalue weighted by Gasteiger charge is -2.26. The predicted octanol–water partition coefficient (Wildman–Crippen LogP) is 2.14. The molecule has 2 aliphatic heterocycles. The fraction of sp³-hybridized carbons (Fsp3) is 0.500. The number of fused-ring (bicyclic) bond motifs is 1. The average molecular weight is 446 g/mol. The van der Waals surface area contributed by atoms with Crippen LogP contribution >= 0.6 is 0 Å². The lowest BCUT2D eigenvalue weighted by atomic mass is 9.85. The molecule has 0 radical (unpaired) electrons. The molecule has 0 saturated carbocycles. The third-order valence-corrected chi connectivity index (χ3v) is 8.13. The van der Waals surface area contributed by atoms with Crippen molar-refractivity contribution < 1.29 is 22.8 Å². The summed E-state index contributed by atoms with van der Waals surface area (Å²) in [5, 5.41) is 2.69. The van der Waals surface area contributed by atoms with Crippen LogP contribution in [0, 0.1) is 11.8 Å². The van der Waals surface area contributed by atoms with Crippen LogP contribution < -0.4 is 5.32 Å². The first kappa shape index (κ1) is 21.7. The number of nitrogens with one attached hydrogen (secondary N) is 1. The molecule has 1 N–H and O–H groups in total. The zero-order valence-electron chi connectivity index (χ0n) is 17.3. The van der Waals surface area contributed by atoms with E-state index < -0.39 is 10.0 Å². The van der Waals surface area contributed by atoms with Gasteiger partial charge in [-0.3, -0.25) is 19.3 Å². The third kappa shape index (κ3) is 4.43. The van der Waals surface area contributed by atoms with Gasteiger partial charge in [0.15, 0.2) is 0 Å². The van der Waals surface area contributed by atoms with Gasteiger partial charge in [-0.2, -0.15) is 4.31 Å². The Morgan fingerprint density at radius 3 is 2.29 bits per heavy atom. The Morgan fingerprint density at radius 1 is 1.00 bits per heavy atom. The van der Waals surface area contributed by atoms with E-state index >= 15 is 0 Å². The smallest absolute Gasteiger partial charge is 0.243 e. The number of nitrogens with zero attached hydrogens (tertiary/aromatic N) is 2. The van der Waals surface area contributed by atoms with Crippen LogP contribution in [0.2, 0.25) is 0 Å². The van der Waals surface area contributed by atoms with E-state index in [0.717, 1.165) is 19.3 Å². The number of hydrogen-bond acceptors (Lipinski definition) is 5. The molecule has 4 rings (SSSR count). The lowest BCUT2D eigenvalue weighted by molar-refractivity contribution is -0.140. The summed E-state index contributed by atoms with van der Waals surface area (Å²) in [6.45, 7) is 1.05. The Kier molecular flexibility index (Phi) is 6.24. The van der Waals surface area contributed by atoms with E-state index in [1.54, 1.807) is 12.1 Å². The molecule has 3 aliphatic rings. The fourth-order valence-electron chi connectivity index (χ4n) is 4.51. The van der Waals surface area contributed by atoms with Gasteiger partial charge in [0.2, 0.25) is 27.7 Å². The fourth-order valence-corrected chi connectivity index (χ4v) is 6.08. The highest BCUT2D eigenvalue weighted by atomic mass is 32.2. The SMILES string of the molecule is O=C(CCN1C(=O)[C@H]2CC=CC[C@H]2C1=O)Nc1cccc(S(=O)(=O)N2CCCCC2)c1. The van der Waals surface area contributed by atoms with E-state index in [4.69, 9.17) is 0 Å². The number of sulfonamides is 1. The Balaban J connectivity index is 1.37. The average Bonchev–Trinajstić information content (AvgIpc) is 3.03. The van der Waals surface area contributed by atoms with E-state index in [9.17, 15) is 22.8 Å². The van der Waals surface area contributed by atoms with Crippen LogP contribution in [0.15, 0.2) is 41.3 Å². The molecule has 1 aromatic rings. The number of imide groups is 1. The van der Waals surface area contributed by atoms with Gasteiger partial charge in [-0.15, -0.1) is 0 Å². The monoisotopic (exact) mass is 445 g/mol. The van der Waals surface area contributed by atoms with Gasteiger partial charge < -0.3 is 5.32 Å². The normalized spacial score (nSPS) is 24.3. The summed E-state index contributed by atoms with van der Waals surface area (Å²) in [7, 11) is -3.59. The number of allylic oxidation sites excluding steroid dienone is 2. The Morgan fingerprint density at radius 2 is 1.65 bits per heavy atom. The molecule has 2 fully saturated rings. The van der Waals surface area contributed by atoms with Gasteiger partial charge in [0.1, 0.15) is 0 Å². The molecule has 1 aliphatic carbocycles. The molecule has 3 amide bonds. The topological polar surface area (TPSA) is 104 Å². The molecule has 9 heteroatoms. The maximum atomic E-state index is 12.8. The summed E-state index contributed by atoms with van der Waals surface area (Å²) in [5.41, 5.74) is 0.375.